The van der Waals surface area contributed by atoms with Crippen molar-refractivity contribution in [3.63, 3.8) is 0 Å². The van der Waals surface area contributed by atoms with Crippen molar-refractivity contribution >= 4 is 6.09 Å². The summed E-state index contributed by atoms with van der Waals surface area (Å²) >= 11 is 0. The summed E-state index contributed by atoms with van der Waals surface area (Å²) in [5.74, 6) is 1.73. The molecule has 4 rings (SSSR count). The van der Waals surface area contributed by atoms with E-state index in [0.29, 0.717) is 6.54 Å². The first-order valence-corrected chi connectivity index (χ1v) is 15.6. The molecule has 0 spiro atoms. The number of aliphatic hydroxyl groups is 3. The van der Waals surface area contributed by atoms with Gasteiger partial charge in [0.05, 0.1) is 31.4 Å². The van der Waals surface area contributed by atoms with Crippen molar-refractivity contribution in [3.8, 4) is 0 Å². The third-order valence-corrected chi connectivity index (χ3v) is 8.88. The van der Waals surface area contributed by atoms with Crippen molar-refractivity contribution in [3.05, 3.63) is 11.8 Å². The van der Waals surface area contributed by atoms with Gasteiger partial charge in [-0.3, -0.25) is 0 Å². The highest BCUT2D eigenvalue weighted by atomic mass is 16.7. The normalized spacial score (nSPS) is 41.1. The highest BCUT2D eigenvalue weighted by molar-refractivity contribution is 5.68. The third kappa shape index (κ3) is 8.16. The molecule has 11 nitrogen and oxygen atoms in total. The Hall–Kier alpha value is -1.47. The number of nitrogens with one attached hydrogen (secondary N) is 1. The Morgan fingerprint density at radius 3 is 2.29 bits per heavy atom. The lowest BCUT2D eigenvalue weighted by Crippen LogP contribution is -2.68. The molecule has 42 heavy (non-hydrogen) atoms. The molecule has 242 valence electrons. The van der Waals surface area contributed by atoms with Crippen LogP contribution in [-0.2, 0) is 23.7 Å². The molecule has 0 bridgehead atoms. The summed E-state index contributed by atoms with van der Waals surface area (Å²) in [4.78, 5) is 14.0. The Labute approximate surface area is 250 Å². The number of hydrogen-bond donors (Lipinski definition) is 4. The molecule has 11 atom stereocenters. The van der Waals surface area contributed by atoms with Gasteiger partial charge < -0.3 is 49.2 Å². The summed E-state index contributed by atoms with van der Waals surface area (Å²) in [5.41, 5.74) is -2.31. The quantitative estimate of drug-likeness (QED) is 0.313. The van der Waals surface area contributed by atoms with Crippen LogP contribution in [0.25, 0.3) is 0 Å². The fourth-order valence-electron chi connectivity index (χ4n) is 6.36. The van der Waals surface area contributed by atoms with E-state index in [1.54, 1.807) is 20.8 Å². The summed E-state index contributed by atoms with van der Waals surface area (Å²) in [7, 11) is 1.47. The van der Waals surface area contributed by atoms with Crippen LogP contribution in [0.4, 0.5) is 4.79 Å². The van der Waals surface area contributed by atoms with E-state index in [-0.39, 0.29) is 24.4 Å². The molecule has 1 amide bonds. The molecule has 3 fully saturated rings. The van der Waals surface area contributed by atoms with Gasteiger partial charge in [0.25, 0.3) is 0 Å². The van der Waals surface area contributed by atoms with Crippen LogP contribution in [0.3, 0.4) is 0 Å². The maximum atomic E-state index is 12.8. The van der Waals surface area contributed by atoms with Gasteiger partial charge in [0.15, 0.2) is 6.29 Å². The summed E-state index contributed by atoms with van der Waals surface area (Å²) in [6, 6.07) is -1.07. The van der Waals surface area contributed by atoms with Crippen LogP contribution in [0.2, 0.25) is 0 Å². The van der Waals surface area contributed by atoms with Crippen molar-refractivity contribution in [2.24, 2.45) is 23.7 Å². The molecule has 0 aromatic carbocycles. The van der Waals surface area contributed by atoms with E-state index >= 15 is 0 Å². The Kier molecular flexibility index (Phi) is 10.6. The second-order valence-corrected chi connectivity index (χ2v) is 14.4. The first-order chi connectivity index (χ1) is 19.6. The molecular formula is C31H54N2O9. The van der Waals surface area contributed by atoms with Gasteiger partial charge in [-0.1, -0.05) is 20.8 Å². The standard InChI is InChI=1S/C31H54N2O9/c1-17-9-12-21(15-32-14-20-10-11-20)39-27(17)40-24-18(2)13-19(3)25(22(24)34)41-28-23(35)26(31(7,37)16-38-28)33(8)29(36)42-30(4,5)6/h12,17-20,22-28,32,34-35,37H,9-11,13-16H2,1-8H3. The highest BCUT2D eigenvalue weighted by Gasteiger charge is 2.53. The summed E-state index contributed by atoms with van der Waals surface area (Å²) in [6.07, 6.45) is 0.195. The smallest absolute Gasteiger partial charge is 0.410 e. The first kappa shape index (κ1) is 33.4. The van der Waals surface area contributed by atoms with Gasteiger partial charge in [-0.05, 0) is 83.8 Å². The van der Waals surface area contributed by atoms with Crippen molar-refractivity contribution in [2.45, 2.75) is 128 Å². The minimum Gasteiger partial charge on any atom is -0.468 e. The fraction of sp³-hybridized carbons (Fsp3) is 0.903. The van der Waals surface area contributed by atoms with Crippen molar-refractivity contribution < 1.29 is 43.8 Å². The SMILES string of the molecule is CC1CC=C(CNCC2CC2)OC1OC1C(C)CC(C)C(OC2OCC(C)(O)C(N(C)C(=O)OC(C)(C)C)C2O)C1O. The van der Waals surface area contributed by atoms with E-state index in [9.17, 15) is 20.1 Å². The van der Waals surface area contributed by atoms with Crippen molar-refractivity contribution in [2.75, 3.05) is 26.7 Å². The van der Waals surface area contributed by atoms with Gasteiger partial charge in [-0.25, -0.2) is 4.79 Å². The molecule has 0 aromatic rings. The second kappa shape index (κ2) is 13.3. The van der Waals surface area contributed by atoms with E-state index < -0.39 is 60.3 Å². The fourth-order valence-corrected chi connectivity index (χ4v) is 6.36. The van der Waals surface area contributed by atoms with E-state index in [2.05, 4.69) is 25.2 Å². The monoisotopic (exact) mass is 598 g/mol. The number of rotatable bonds is 9. The summed E-state index contributed by atoms with van der Waals surface area (Å²) in [6.45, 7) is 14.3. The summed E-state index contributed by atoms with van der Waals surface area (Å²) < 4.78 is 30.2. The summed E-state index contributed by atoms with van der Waals surface area (Å²) in [5, 5.41) is 37.4. The van der Waals surface area contributed by atoms with Crippen LogP contribution in [0.5, 0.6) is 0 Å². The minimum absolute atomic E-state index is 0.0389. The second-order valence-electron chi connectivity index (χ2n) is 14.4. The zero-order valence-electron chi connectivity index (χ0n) is 26.6. The van der Waals surface area contributed by atoms with Crippen LogP contribution in [0, 0.1) is 23.7 Å². The molecule has 11 heteroatoms. The number of carbonyl (C=O) groups is 1. The molecule has 2 aliphatic heterocycles. The Morgan fingerprint density at radius 2 is 1.69 bits per heavy atom. The van der Waals surface area contributed by atoms with E-state index in [1.165, 1.54) is 31.7 Å². The lowest BCUT2D eigenvalue weighted by molar-refractivity contribution is -0.317. The molecule has 0 radical (unpaired) electrons. The number of likely N-dealkylation sites (N-methyl/N-ethyl adjacent to an activating group) is 1. The zero-order chi connectivity index (χ0) is 31.0. The van der Waals surface area contributed by atoms with E-state index in [0.717, 1.165) is 31.1 Å². The largest absolute Gasteiger partial charge is 0.468 e. The molecule has 4 aliphatic rings. The lowest BCUT2D eigenvalue weighted by Gasteiger charge is -2.50. The predicted molar refractivity (Wildman–Crippen MR) is 155 cm³/mol. The van der Waals surface area contributed by atoms with E-state index in [4.69, 9.17) is 23.7 Å². The molecule has 11 unspecified atom stereocenters. The van der Waals surface area contributed by atoms with Crippen LogP contribution in [0.1, 0.15) is 74.1 Å². The molecular weight excluding hydrogens is 544 g/mol. The number of nitrogens with zero attached hydrogens (tertiary/aromatic N) is 1. The van der Waals surface area contributed by atoms with Crippen LogP contribution >= 0.6 is 0 Å². The third-order valence-electron chi connectivity index (χ3n) is 8.88. The van der Waals surface area contributed by atoms with Gasteiger partial charge in [-0.15, -0.1) is 0 Å². The highest BCUT2D eigenvalue weighted by Crippen LogP contribution is 2.38. The van der Waals surface area contributed by atoms with Gasteiger partial charge in [0, 0.05) is 13.0 Å². The van der Waals surface area contributed by atoms with Crippen LogP contribution in [0.15, 0.2) is 11.8 Å². The molecule has 2 heterocycles. The van der Waals surface area contributed by atoms with Crippen LogP contribution < -0.4 is 5.32 Å². The number of allylic oxidation sites excluding steroid dienone is 1. The zero-order valence-corrected chi connectivity index (χ0v) is 26.6. The van der Waals surface area contributed by atoms with Gasteiger partial charge in [-0.2, -0.15) is 0 Å². The number of hydrogen-bond acceptors (Lipinski definition) is 10. The Balaban J connectivity index is 1.41. The van der Waals surface area contributed by atoms with E-state index in [1.807, 2.05) is 6.92 Å². The first-order valence-electron chi connectivity index (χ1n) is 15.6. The number of carbonyl (C=O) groups excluding carboxylic acids is 1. The van der Waals surface area contributed by atoms with Crippen LogP contribution in [-0.4, -0.2) is 107 Å². The van der Waals surface area contributed by atoms with Gasteiger partial charge in [0.2, 0.25) is 6.29 Å². The maximum Gasteiger partial charge on any atom is 0.410 e. The average molecular weight is 599 g/mol. The maximum absolute atomic E-state index is 12.8. The molecule has 0 aromatic heterocycles. The molecule has 2 saturated carbocycles. The Morgan fingerprint density at radius 1 is 1.07 bits per heavy atom. The lowest BCUT2D eigenvalue weighted by atomic mass is 9.77. The molecule has 2 aliphatic carbocycles. The van der Waals surface area contributed by atoms with Crippen molar-refractivity contribution in [1.82, 2.24) is 10.2 Å². The molecule has 1 saturated heterocycles. The predicted octanol–water partition coefficient (Wildman–Crippen LogP) is 2.76. The average Bonchev–Trinajstić information content (AvgIpc) is 3.70. The number of amides is 1. The topological polar surface area (TPSA) is 139 Å². The number of aliphatic hydroxyl groups excluding tert-OH is 2. The Bertz CT molecular complexity index is 949. The number of ether oxygens (including phenoxy) is 5. The molecule has 4 N–H and O–H groups in total. The van der Waals surface area contributed by atoms with Crippen molar-refractivity contribution in [1.29, 1.82) is 0 Å². The van der Waals surface area contributed by atoms with Gasteiger partial charge in [0.1, 0.15) is 29.2 Å². The minimum atomic E-state index is -1.56. The van der Waals surface area contributed by atoms with Gasteiger partial charge >= 0.3 is 6.09 Å².